The summed E-state index contributed by atoms with van der Waals surface area (Å²) >= 11 is 0. The number of pyridine rings is 2. The summed E-state index contributed by atoms with van der Waals surface area (Å²) < 4.78 is 2.51. The molecule has 3 aromatic heterocycles. The smallest absolute Gasteiger partial charge is 0.0823 e. The summed E-state index contributed by atoms with van der Waals surface area (Å²) in [7, 11) is 0. The first kappa shape index (κ1) is 18.0. The molecule has 5 aromatic carbocycles. The first-order valence-corrected chi connectivity index (χ1v) is 11.7. The molecule has 0 aliphatic heterocycles. The van der Waals surface area contributed by atoms with Gasteiger partial charge in [-0.2, -0.15) is 0 Å². The van der Waals surface area contributed by atoms with Crippen molar-refractivity contribution in [2.45, 2.75) is 6.92 Å². The average Bonchev–Trinajstić information content (AvgIpc) is 3.24. The molecule has 8 aromatic rings. The van der Waals surface area contributed by atoms with E-state index >= 15 is 0 Å². The molecular formula is C32H20N2. The second-order valence-corrected chi connectivity index (χ2v) is 9.24. The molecule has 0 aliphatic rings. The van der Waals surface area contributed by atoms with E-state index in [1.54, 1.807) is 0 Å². The van der Waals surface area contributed by atoms with E-state index in [0.717, 1.165) is 5.52 Å². The van der Waals surface area contributed by atoms with Gasteiger partial charge in [0.2, 0.25) is 0 Å². The highest BCUT2D eigenvalue weighted by Gasteiger charge is 2.22. The third-order valence-corrected chi connectivity index (χ3v) is 7.52. The molecule has 0 radical (unpaired) electrons. The molecule has 0 fully saturated rings. The van der Waals surface area contributed by atoms with Gasteiger partial charge in [0.15, 0.2) is 0 Å². The van der Waals surface area contributed by atoms with Gasteiger partial charge in [0.1, 0.15) is 0 Å². The van der Waals surface area contributed by atoms with E-state index in [0.29, 0.717) is 0 Å². The van der Waals surface area contributed by atoms with E-state index in [1.165, 1.54) is 70.9 Å². The average molecular weight is 433 g/mol. The fraction of sp³-hybridized carbons (Fsp3) is 0.0312. The van der Waals surface area contributed by atoms with Crippen molar-refractivity contribution in [3.8, 4) is 11.1 Å². The van der Waals surface area contributed by atoms with Gasteiger partial charge in [0, 0.05) is 27.7 Å². The second kappa shape index (κ2) is 6.33. The van der Waals surface area contributed by atoms with E-state index in [4.69, 9.17) is 4.98 Å². The van der Waals surface area contributed by atoms with Gasteiger partial charge in [-0.15, -0.1) is 0 Å². The second-order valence-electron chi connectivity index (χ2n) is 9.24. The van der Waals surface area contributed by atoms with Gasteiger partial charge in [-0.1, -0.05) is 78.9 Å². The fourth-order valence-corrected chi connectivity index (χ4v) is 6.10. The van der Waals surface area contributed by atoms with E-state index in [1.807, 2.05) is 6.20 Å². The van der Waals surface area contributed by atoms with Crippen molar-refractivity contribution >= 4 is 59.8 Å². The van der Waals surface area contributed by atoms with E-state index in [9.17, 15) is 0 Å². The number of aryl methyl sites for hydroxylation is 1. The number of hydrogen-bond acceptors (Lipinski definition) is 1. The van der Waals surface area contributed by atoms with Gasteiger partial charge in [-0.25, -0.2) is 0 Å². The third-order valence-electron chi connectivity index (χ3n) is 7.52. The fourth-order valence-electron chi connectivity index (χ4n) is 6.10. The number of nitrogens with zero attached hydrogens (tertiary/aromatic N) is 2. The summed E-state index contributed by atoms with van der Waals surface area (Å²) in [6.07, 6.45) is 1.95. The van der Waals surface area contributed by atoms with Crippen LogP contribution < -0.4 is 0 Å². The molecule has 3 heterocycles. The zero-order valence-electron chi connectivity index (χ0n) is 18.7. The van der Waals surface area contributed by atoms with Crippen molar-refractivity contribution in [1.29, 1.82) is 0 Å². The normalized spacial score (nSPS) is 12.3. The maximum atomic E-state index is 4.95. The summed E-state index contributed by atoms with van der Waals surface area (Å²) in [6, 6.07) is 35.2. The molecule has 0 bridgehead atoms. The van der Waals surface area contributed by atoms with Crippen LogP contribution in [0.3, 0.4) is 0 Å². The van der Waals surface area contributed by atoms with E-state index in [-0.39, 0.29) is 0 Å². The molecule has 34 heavy (non-hydrogen) atoms. The highest BCUT2D eigenvalue weighted by Crippen LogP contribution is 2.44. The first-order valence-electron chi connectivity index (χ1n) is 11.7. The van der Waals surface area contributed by atoms with Gasteiger partial charge in [-0.05, 0) is 58.0 Å². The molecule has 158 valence electrons. The highest BCUT2D eigenvalue weighted by molar-refractivity contribution is 6.30. The molecule has 0 spiro atoms. The Balaban J connectivity index is 1.75. The lowest BCUT2D eigenvalue weighted by Gasteiger charge is -2.15. The van der Waals surface area contributed by atoms with Gasteiger partial charge >= 0.3 is 0 Å². The third kappa shape index (κ3) is 2.13. The molecule has 0 amide bonds. The summed E-state index contributed by atoms with van der Waals surface area (Å²) in [6.45, 7) is 2.26. The van der Waals surface area contributed by atoms with Crippen LogP contribution in [0, 0.1) is 6.92 Å². The van der Waals surface area contributed by atoms with Crippen LogP contribution in [0.5, 0.6) is 0 Å². The minimum absolute atomic E-state index is 1.09. The molecule has 0 atom stereocenters. The van der Waals surface area contributed by atoms with Gasteiger partial charge in [0.05, 0.1) is 22.1 Å². The van der Waals surface area contributed by atoms with Gasteiger partial charge < -0.3 is 4.40 Å². The predicted octanol–water partition coefficient (Wildman–Crippen LogP) is 8.51. The Bertz CT molecular complexity index is 2060. The van der Waals surface area contributed by atoms with Crippen LogP contribution in [0.4, 0.5) is 0 Å². The molecule has 0 N–H and O–H groups in total. The molecule has 0 aliphatic carbocycles. The van der Waals surface area contributed by atoms with Crippen molar-refractivity contribution in [3.63, 3.8) is 0 Å². The van der Waals surface area contributed by atoms with Crippen LogP contribution >= 0.6 is 0 Å². The number of rotatable bonds is 1. The zero-order chi connectivity index (χ0) is 22.4. The molecule has 8 rings (SSSR count). The molecule has 0 saturated carbocycles. The Labute approximate surface area is 196 Å². The Hall–Kier alpha value is -4.43. The zero-order valence-corrected chi connectivity index (χ0v) is 18.7. The number of aromatic nitrogens is 2. The van der Waals surface area contributed by atoms with Gasteiger partial charge in [0.25, 0.3) is 0 Å². The Morgan fingerprint density at radius 3 is 2.38 bits per heavy atom. The summed E-state index contributed by atoms with van der Waals surface area (Å²) in [5.74, 6) is 0. The van der Waals surface area contributed by atoms with Crippen LogP contribution in [-0.4, -0.2) is 9.38 Å². The van der Waals surface area contributed by atoms with Crippen molar-refractivity contribution in [3.05, 3.63) is 109 Å². The first-order chi connectivity index (χ1) is 16.8. The summed E-state index contributed by atoms with van der Waals surface area (Å²) in [4.78, 5) is 4.95. The topological polar surface area (TPSA) is 17.3 Å². The molecular weight excluding hydrogens is 412 g/mol. The van der Waals surface area contributed by atoms with Crippen molar-refractivity contribution in [2.24, 2.45) is 0 Å². The van der Waals surface area contributed by atoms with E-state index in [2.05, 4.69) is 108 Å². The lowest BCUT2D eigenvalue weighted by atomic mass is 9.96. The molecule has 2 heteroatoms. The van der Waals surface area contributed by atoms with Crippen LogP contribution in [0.2, 0.25) is 0 Å². The molecule has 0 unspecified atom stereocenters. The van der Waals surface area contributed by atoms with Crippen LogP contribution in [0.15, 0.2) is 103 Å². The van der Waals surface area contributed by atoms with Crippen molar-refractivity contribution in [1.82, 2.24) is 9.38 Å². The Morgan fingerprint density at radius 1 is 0.618 bits per heavy atom. The SMILES string of the molecule is Cc1c2ccccc2cc2c3nccc4ccc5c6c(-c7ccccc7)cccc6n(c12)c5c43. The van der Waals surface area contributed by atoms with Crippen LogP contribution in [0.25, 0.3) is 70.9 Å². The maximum absolute atomic E-state index is 4.95. The quantitative estimate of drug-likeness (QED) is 0.188. The lowest BCUT2D eigenvalue weighted by molar-refractivity contribution is 1.32. The van der Waals surface area contributed by atoms with Crippen molar-refractivity contribution in [2.75, 3.05) is 0 Å². The van der Waals surface area contributed by atoms with Crippen LogP contribution in [-0.2, 0) is 0 Å². The minimum Gasteiger partial charge on any atom is -0.308 e. The lowest BCUT2D eigenvalue weighted by Crippen LogP contribution is -1.97. The Kier molecular flexibility index (Phi) is 3.36. The minimum atomic E-state index is 1.09. The molecule has 2 nitrogen and oxygen atoms in total. The standard InChI is InChI=1S/C32H20N2/c1-19-23-11-6-5-10-22(23)18-26-30-28-21(16-17-33-30)14-15-25-29-24(20-8-3-2-4-9-20)12-7-13-27(29)34(31(19)26)32(25)28/h2-18H,1H3. The monoisotopic (exact) mass is 432 g/mol. The highest BCUT2D eigenvalue weighted by atomic mass is 14.9. The number of fused-ring (bicyclic) bond motifs is 7. The largest absolute Gasteiger partial charge is 0.308 e. The van der Waals surface area contributed by atoms with Gasteiger partial charge in [-0.3, -0.25) is 4.98 Å². The summed E-state index contributed by atoms with van der Waals surface area (Å²) in [5.41, 5.74) is 8.67. The molecule has 0 saturated heterocycles. The number of benzene rings is 5. The number of hydrogen-bond donors (Lipinski definition) is 0. The predicted molar refractivity (Wildman–Crippen MR) is 144 cm³/mol. The Morgan fingerprint density at radius 2 is 1.47 bits per heavy atom. The van der Waals surface area contributed by atoms with E-state index < -0.39 is 0 Å². The van der Waals surface area contributed by atoms with Crippen molar-refractivity contribution < 1.29 is 0 Å². The van der Waals surface area contributed by atoms with Crippen LogP contribution in [0.1, 0.15) is 5.56 Å². The summed E-state index contributed by atoms with van der Waals surface area (Å²) in [5, 5.41) is 8.84. The maximum Gasteiger partial charge on any atom is 0.0823 e.